The average molecular weight is 256 g/mol. The van der Waals surface area contributed by atoms with Gasteiger partial charge in [0.15, 0.2) is 5.78 Å². The summed E-state index contributed by atoms with van der Waals surface area (Å²) >= 11 is 0. The first-order valence-corrected chi connectivity index (χ1v) is 6.16. The maximum absolute atomic E-state index is 13.4. The van der Waals surface area contributed by atoms with E-state index in [1.165, 1.54) is 6.07 Å². The lowest BCUT2D eigenvalue weighted by Crippen LogP contribution is -2.26. The van der Waals surface area contributed by atoms with Crippen LogP contribution in [-0.4, -0.2) is 18.5 Å². The highest BCUT2D eigenvalue weighted by atomic mass is 19.1. The Morgan fingerprint density at radius 1 is 1.33 bits per heavy atom. The predicted octanol–water partition coefficient (Wildman–Crippen LogP) is 3.28. The monoisotopic (exact) mass is 256 g/mol. The smallest absolute Gasteiger partial charge is 0.166 e. The van der Waals surface area contributed by atoms with Crippen molar-refractivity contribution in [2.24, 2.45) is 0 Å². The molecule has 1 unspecified atom stereocenters. The van der Waals surface area contributed by atoms with Crippen molar-refractivity contribution in [3.63, 3.8) is 0 Å². The van der Waals surface area contributed by atoms with E-state index in [4.69, 9.17) is 4.74 Å². The summed E-state index contributed by atoms with van der Waals surface area (Å²) in [5.41, 5.74) is 0.210. The zero-order valence-electron chi connectivity index (χ0n) is 10.7. The predicted molar refractivity (Wildman–Crippen MR) is 65.4 cm³/mol. The highest BCUT2D eigenvalue weighted by Gasteiger charge is 2.19. The number of ketones is 1. The molecule has 1 aromatic carbocycles. The van der Waals surface area contributed by atoms with Crippen LogP contribution in [0.5, 0.6) is 0 Å². The summed E-state index contributed by atoms with van der Waals surface area (Å²) in [6.07, 6.45) is 0.888. The molecule has 0 bridgehead atoms. The van der Waals surface area contributed by atoms with E-state index in [9.17, 15) is 13.6 Å². The van der Waals surface area contributed by atoms with Gasteiger partial charge in [-0.3, -0.25) is 4.79 Å². The van der Waals surface area contributed by atoms with E-state index in [1.807, 2.05) is 13.8 Å². The number of hydrogen-bond donors (Lipinski definition) is 0. The summed E-state index contributed by atoms with van der Waals surface area (Å²) in [4.78, 5) is 11.9. The minimum atomic E-state index is -0.685. The fourth-order valence-electron chi connectivity index (χ4n) is 1.77. The number of halogens is 2. The standard InChI is InChI=1S/C14H18F2O2/c1-3-5-14(18-4-2)13(17)8-10-6-7-11(15)9-12(10)16/h6-7,9,14H,3-5,8H2,1-2H3. The van der Waals surface area contributed by atoms with Crippen molar-refractivity contribution in [1.82, 2.24) is 0 Å². The van der Waals surface area contributed by atoms with Crippen molar-refractivity contribution >= 4 is 5.78 Å². The Labute approximate surface area is 106 Å². The Balaban J connectivity index is 2.72. The molecule has 1 aromatic rings. The minimum Gasteiger partial charge on any atom is -0.371 e. The molecule has 0 spiro atoms. The maximum Gasteiger partial charge on any atom is 0.166 e. The Morgan fingerprint density at radius 2 is 2.06 bits per heavy atom. The van der Waals surface area contributed by atoms with E-state index in [-0.39, 0.29) is 17.8 Å². The van der Waals surface area contributed by atoms with Crippen molar-refractivity contribution in [1.29, 1.82) is 0 Å². The number of Topliss-reactive ketones (excluding diaryl/α,β-unsaturated/α-hetero) is 1. The fraction of sp³-hybridized carbons (Fsp3) is 0.500. The molecule has 0 aliphatic heterocycles. The van der Waals surface area contributed by atoms with Gasteiger partial charge in [0.1, 0.15) is 17.7 Å². The largest absolute Gasteiger partial charge is 0.371 e. The lowest BCUT2D eigenvalue weighted by atomic mass is 10.0. The van der Waals surface area contributed by atoms with Gasteiger partial charge in [-0.25, -0.2) is 8.78 Å². The molecule has 1 rings (SSSR count). The molecule has 0 aliphatic rings. The second-order valence-electron chi connectivity index (χ2n) is 4.11. The third-order valence-electron chi connectivity index (χ3n) is 2.66. The zero-order chi connectivity index (χ0) is 13.5. The molecule has 1 atom stereocenters. The molecule has 0 heterocycles. The molecule has 2 nitrogen and oxygen atoms in total. The van der Waals surface area contributed by atoms with Gasteiger partial charge in [0.25, 0.3) is 0 Å². The topological polar surface area (TPSA) is 26.3 Å². The Kier molecular flexibility index (Phi) is 5.92. The molecule has 0 saturated heterocycles. The average Bonchev–Trinajstić information content (AvgIpc) is 2.32. The van der Waals surface area contributed by atoms with Gasteiger partial charge >= 0.3 is 0 Å². The number of benzene rings is 1. The van der Waals surface area contributed by atoms with Gasteiger partial charge < -0.3 is 4.74 Å². The Morgan fingerprint density at radius 3 is 2.61 bits per heavy atom. The van der Waals surface area contributed by atoms with Crippen LogP contribution in [0, 0.1) is 11.6 Å². The lowest BCUT2D eigenvalue weighted by molar-refractivity contribution is -0.130. The second-order valence-corrected chi connectivity index (χ2v) is 4.11. The highest BCUT2D eigenvalue weighted by molar-refractivity contribution is 5.85. The molecule has 0 N–H and O–H groups in total. The van der Waals surface area contributed by atoms with Gasteiger partial charge in [-0.05, 0) is 25.0 Å². The minimum absolute atomic E-state index is 0.0588. The molecule has 0 amide bonds. The van der Waals surface area contributed by atoms with Crippen LogP contribution in [0.1, 0.15) is 32.3 Å². The Hall–Kier alpha value is -1.29. The first-order valence-electron chi connectivity index (χ1n) is 6.16. The number of ether oxygens (including phenoxy) is 1. The van der Waals surface area contributed by atoms with Crippen molar-refractivity contribution in [2.45, 2.75) is 39.2 Å². The van der Waals surface area contributed by atoms with Gasteiger partial charge in [-0.15, -0.1) is 0 Å². The molecule has 18 heavy (non-hydrogen) atoms. The van der Waals surface area contributed by atoms with Crippen LogP contribution >= 0.6 is 0 Å². The van der Waals surface area contributed by atoms with Crippen molar-refractivity contribution in [3.05, 3.63) is 35.4 Å². The summed E-state index contributed by atoms with van der Waals surface area (Å²) in [5.74, 6) is -1.49. The van der Waals surface area contributed by atoms with Gasteiger partial charge in [0, 0.05) is 19.1 Å². The first kappa shape index (κ1) is 14.8. The van der Waals surface area contributed by atoms with Crippen LogP contribution in [-0.2, 0) is 16.0 Å². The molecular formula is C14H18F2O2. The van der Waals surface area contributed by atoms with Gasteiger partial charge in [0.05, 0.1) is 0 Å². The molecule has 0 radical (unpaired) electrons. The molecule has 0 fully saturated rings. The molecule has 0 aromatic heterocycles. The quantitative estimate of drug-likeness (QED) is 0.748. The van der Waals surface area contributed by atoms with Crippen LogP contribution in [0.4, 0.5) is 8.78 Å². The number of hydrogen-bond acceptors (Lipinski definition) is 2. The van der Waals surface area contributed by atoms with Crippen molar-refractivity contribution in [2.75, 3.05) is 6.61 Å². The molecule has 0 aliphatic carbocycles. The molecule has 100 valence electrons. The maximum atomic E-state index is 13.4. The second kappa shape index (κ2) is 7.21. The summed E-state index contributed by atoms with van der Waals surface area (Å²) in [5, 5.41) is 0. The third-order valence-corrected chi connectivity index (χ3v) is 2.66. The summed E-state index contributed by atoms with van der Waals surface area (Å²) < 4.78 is 31.5. The van der Waals surface area contributed by atoms with Gasteiger partial charge in [-0.2, -0.15) is 0 Å². The van der Waals surface area contributed by atoms with E-state index in [1.54, 1.807) is 0 Å². The normalized spacial score (nSPS) is 12.4. The Bertz CT molecular complexity index is 399. The third kappa shape index (κ3) is 4.18. The fourth-order valence-corrected chi connectivity index (χ4v) is 1.77. The van der Waals surface area contributed by atoms with Gasteiger partial charge in [-0.1, -0.05) is 19.4 Å². The van der Waals surface area contributed by atoms with Gasteiger partial charge in [0.2, 0.25) is 0 Å². The summed E-state index contributed by atoms with van der Waals surface area (Å²) in [6.45, 7) is 4.22. The number of rotatable bonds is 7. The number of carbonyl (C=O) groups is 1. The van der Waals surface area contributed by atoms with Crippen LogP contribution < -0.4 is 0 Å². The molecule has 0 saturated carbocycles. The summed E-state index contributed by atoms with van der Waals surface area (Å²) in [6, 6.07) is 3.25. The van der Waals surface area contributed by atoms with Crippen LogP contribution in [0.15, 0.2) is 18.2 Å². The SMILES string of the molecule is CCCC(OCC)C(=O)Cc1ccc(F)cc1F. The van der Waals surface area contributed by atoms with Crippen molar-refractivity contribution < 1.29 is 18.3 Å². The van der Waals surface area contributed by atoms with E-state index in [2.05, 4.69) is 0 Å². The van der Waals surface area contributed by atoms with E-state index >= 15 is 0 Å². The van der Waals surface area contributed by atoms with E-state index < -0.39 is 17.7 Å². The van der Waals surface area contributed by atoms with Crippen LogP contribution in [0.25, 0.3) is 0 Å². The highest BCUT2D eigenvalue weighted by Crippen LogP contribution is 2.13. The lowest BCUT2D eigenvalue weighted by Gasteiger charge is -2.15. The summed E-state index contributed by atoms with van der Waals surface area (Å²) in [7, 11) is 0. The zero-order valence-corrected chi connectivity index (χ0v) is 10.7. The van der Waals surface area contributed by atoms with Crippen molar-refractivity contribution in [3.8, 4) is 0 Å². The molecule has 4 heteroatoms. The van der Waals surface area contributed by atoms with Crippen LogP contribution in [0.3, 0.4) is 0 Å². The molecular weight excluding hydrogens is 238 g/mol. The van der Waals surface area contributed by atoms with E-state index in [0.717, 1.165) is 18.6 Å². The van der Waals surface area contributed by atoms with Crippen LogP contribution in [0.2, 0.25) is 0 Å². The first-order chi connectivity index (χ1) is 8.58. The number of carbonyl (C=O) groups excluding carboxylic acids is 1. The van der Waals surface area contributed by atoms with E-state index in [0.29, 0.717) is 13.0 Å².